The zero-order chi connectivity index (χ0) is 24.2. The molecule has 1 aromatic carbocycles. The van der Waals surface area contributed by atoms with Gasteiger partial charge in [0.05, 0.1) is 26.0 Å². The van der Waals surface area contributed by atoms with Crippen molar-refractivity contribution in [2.24, 2.45) is 0 Å². The van der Waals surface area contributed by atoms with Crippen LogP contribution in [0.1, 0.15) is 26.7 Å². The molecule has 1 aromatic heterocycles. The first-order valence-electron chi connectivity index (χ1n) is 11.9. The Bertz CT molecular complexity index is 901. The van der Waals surface area contributed by atoms with Crippen molar-refractivity contribution in [2.75, 3.05) is 75.2 Å². The number of nitrogens with zero attached hydrogens (tertiary/aromatic N) is 4. The van der Waals surface area contributed by atoms with E-state index >= 15 is 0 Å². The smallest absolute Gasteiger partial charge is 0.324 e. The van der Waals surface area contributed by atoms with Crippen molar-refractivity contribution in [3.63, 3.8) is 0 Å². The van der Waals surface area contributed by atoms with Gasteiger partial charge < -0.3 is 24.4 Å². The second kappa shape index (κ2) is 13.6. The molecule has 1 aliphatic heterocycles. The van der Waals surface area contributed by atoms with Gasteiger partial charge in [0.2, 0.25) is 11.8 Å². The molecule has 0 spiro atoms. The summed E-state index contributed by atoms with van der Waals surface area (Å²) in [7, 11) is 1.56. The Morgan fingerprint density at radius 1 is 1.12 bits per heavy atom. The van der Waals surface area contributed by atoms with Gasteiger partial charge in [-0.25, -0.2) is 4.79 Å². The number of anilines is 3. The second-order valence-electron chi connectivity index (χ2n) is 7.96. The summed E-state index contributed by atoms with van der Waals surface area (Å²) in [4.78, 5) is 26.3. The van der Waals surface area contributed by atoms with Gasteiger partial charge in [0.25, 0.3) is 0 Å². The van der Waals surface area contributed by atoms with Crippen molar-refractivity contribution in [2.45, 2.75) is 26.7 Å². The van der Waals surface area contributed by atoms with Crippen LogP contribution in [0, 0.1) is 0 Å². The number of methoxy groups -OCH3 is 1. The van der Waals surface area contributed by atoms with Gasteiger partial charge in [-0.2, -0.15) is 9.97 Å². The molecule has 0 saturated carbocycles. The highest BCUT2D eigenvalue weighted by Crippen LogP contribution is 2.24. The van der Waals surface area contributed by atoms with E-state index < -0.39 is 6.03 Å². The van der Waals surface area contributed by atoms with E-state index in [2.05, 4.69) is 44.2 Å². The molecule has 2 N–H and O–H groups in total. The maximum atomic E-state index is 12.7. The summed E-state index contributed by atoms with van der Waals surface area (Å²) in [5, 5.41) is 5.62. The zero-order valence-corrected chi connectivity index (χ0v) is 20.4. The van der Waals surface area contributed by atoms with Gasteiger partial charge in [0.1, 0.15) is 18.2 Å². The quantitative estimate of drug-likeness (QED) is 0.484. The van der Waals surface area contributed by atoms with Crippen molar-refractivity contribution < 1.29 is 19.0 Å². The van der Waals surface area contributed by atoms with Crippen molar-refractivity contribution >= 4 is 23.5 Å². The normalized spacial score (nSPS) is 13.9. The Kier molecular flexibility index (Phi) is 10.2. The molecule has 0 bridgehead atoms. The van der Waals surface area contributed by atoms with Crippen LogP contribution in [0.25, 0.3) is 0 Å². The van der Waals surface area contributed by atoms with E-state index in [1.165, 1.54) is 0 Å². The molecular weight excluding hydrogens is 436 g/mol. The largest absolute Gasteiger partial charge is 0.495 e. The third kappa shape index (κ3) is 7.74. The number of nitrogens with one attached hydrogen (secondary N) is 2. The van der Waals surface area contributed by atoms with E-state index in [4.69, 9.17) is 14.2 Å². The standard InChI is InChI=1S/C24H36N6O4/c1-4-10-30(11-5-2)23-26-21(27-24(31)25-19-8-6-7-9-20(19)32-3)18-22(28-23)34-17-14-29-12-15-33-16-13-29/h6-9,18H,4-5,10-17H2,1-3H3,(H2,25,26,27,28,31). The predicted molar refractivity (Wildman–Crippen MR) is 133 cm³/mol. The van der Waals surface area contributed by atoms with Crippen LogP contribution < -0.4 is 25.0 Å². The molecule has 34 heavy (non-hydrogen) atoms. The maximum absolute atomic E-state index is 12.7. The van der Waals surface area contributed by atoms with Crippen LogP contribution in [0.3, 0.4) is 0 Å². The first-order valence-corrected chi connectivity index (χ1v) is 11.9. The lowest BCUT2D eigenvalue weighted by molar-refractivity contribution is 0.0320. The number of morpholine rings is 1. The summed E-state index contributed by atoms with van der Waals surface area (Å²) in [6.45, 7) is 10.4. The highest BCUT2D eigenvalue weighted by Gasteiger charge is 2.16. The van der Waals surface area contributed by atoms with Crippen LogP contribution >= 0.6 is 0 Å². The molecule has 2 amide bonds. The van der Waals surface area contributed by atoms with Gasteiger partial charge >= 0.3 is 6.03 Å². The first-order chi connectivity index (χ1) is 16.6. The summed E-state index contributed by atoms with van der Waals surface area (Å²) in [5.41, 5.74) is 0.567. The summed E-state index contributed by atoms with van der Waals surface area (Å²) < 4.78 is 16.7. The average molecular weight is 473 g/mol. The van der Waals surface area contributed by atoms with Gasteiger partial charge in [0, 0.05) is 38.8 Å². The second-order valence-corrected chi connectivity index (χ2v) is 7.96. The number of para-hydroxylation sites is 2. The summed E-state index contributed by atoms with van der Waals surface area (Å²) in [5.74, 6) is 1.92. The molecule has 1 aliphatic rings. The van der Waals surface area contributed by atoms with Crippen molar-refractivity contribution in [3.05, 3.63) is 30.3 Å². The fourth-order valence-corrected chi connectivity index (χ4v) is 3.67. The highest BCUT2D eigenvalue weighted by molar-refractivity contribution is 6.00. The van der Waals surface area contributed by atoms with Gasteiger partial charge in [0.15, 0.2) is 0 Å². The molecule has 0 unspecified atom stereocenters. The molecule has 1 saturated heterocycles. The number of aromatic nitrogens is 2. The van der Waals surface area contributed by atoms with E-state index in [1.807, 2.05) is 12.1 Å². The third-order valence-electron chi connectivity index (χ3n) is 5.32. The molecule has 0 aliphatic carbocycles. The zero-order valence-electron chi connectivity index (χ0n) is 20.4. The fraction of sp³-hybridized carbons (Fsp3) is 0.542. The SMILES string of the molecule is CCCN(CCC)c1nc(NC(=O)Nc2ccccc2OC)cc(OCCN2CCOCC2)n1. The number of ether oxygens (including phenoxy) is 3. The molecule has 3 rings (SSSR count). The number of hydrogen-bond acceptors (Lipinski definition) is 8. The monoisotopic (exact) mass is 472 g/mol. The van der Waals surface area contributed by atoms with Crippen LogP contribution in [0.15, 0.2) is 30.3 Å². The molecule has 0 atom stereocenters. The number of benzene rings is 1. The lowest BCUT2D eigenvalue weighted by atomic mass is 10.3. The van der Waals surface area contributed by atoms with Gasteiger partial charge in [-0.1, -0.05) is 26.0 Å². The molecular formula is C24H36N6O4. The molecule has 0 radical (unpaired) electrons. The molecule has 2 heterocycles. The topological polar surface area (TPSA) is 101 Å². The van der Waals surface area contributed by atoms with Crippen molar-refractivity contribution in [3.8, 4) is 11.6 Å². The minimum Gasteiger partial charge on any atom is -0.495 e. The molecule has 2 aromatic rings. The van der Waals surface area contributed by atoms with Crippen LogP contribution in [-0.2, 0) is 4.74 Å². The van der Waals surface area contributed by atoms with E-state index in [1.54, 1.807) is 25.3 Å². The minimum atomic E-state index is -0.425. The molecule has 186 valence electrons. The van der Waals surface area contributed by atoms with E-state index in [0.29, 0.717) is 35.7 Å². The third-order valence-corrected chi connectivity index (χ3v) is 5.32. The predicted octanol–water partition coefficient (Wildman–Crippen LogP) is 3.47. The molecule has 10 heteroatoms. The summed E-state index contributed by atoms with van der Waals surface area (Å²) >= 11 is 0. The van der Waals surface area contributed by atoms with Gasteiger partial charge in [-0.15, -0.1) is 0 Å². The number of amides is 2. The fourth-order valence-electron chi connectivity index (χ4n) is 3.67. The number of hydrogen-bond donors (Lipinski definition) is 2. The van der Waals surface area contributed by atoms with Crippen molar-refractivity contribution in [1.29, 1.82) is 0 Å². The Morgan fingerprint density at radius 2 is 1.85 bits per heavy atom. The minimum absolute atomic E-state index is 0.371. The number of carbonyl (C=O) groups is 1. The Balaban J connectivity index is 1.73. The highest BCUT2D eigenvalue weighted by atomic mass is 16.5. The van der Waals surface area contributed by atoms with E-state index in [0.717, 1.165) is 58.8 Å². The Hall–Kier alpha value is -3.11. The molecule has 10 nitrogen and oxygen atoms in total. The summed E-state index contributed by atoms with van der Waals surface area (Å²) in [6.07, 6.45) is 1.92. The lowest BCUT2D eigenvalue weighted by Crippen LogP contribution is -2.38. The van der Waals surface area contributed by atoms with Crippen LogP contribution in [-0.4, -0.2) is 80.6 Å². The summed E-state index contributed by atoms with van der Waals surface area (Å²) in [6, 6.07) is 8.45. The van der Waals surface area contributed by atoms with Gasteiger partial charge in [-0.05, 0) is 25.0 Å². The van der Waals surface area contributed by atoms with Crippen LogP contribution in [0.5, 0.6) is 11.6 Å². The lowest BCUT2D eigenvalue weighted by Gasteiger charge is -2.26. The van der Waals surface area contributed by atoms with Crippen LogP contribution in [0.4, 0.5) is 22.2 Å². The average Bonchev–Trinajstić information content (AvgIpc) is 2.85. The van der Waals surface area contributed by atoms with Crippen molar-refractivity contribution in [1.82, 2.24) is 14.9 Å². The number of carbonyl (C=O) groups excluding carboxylic acids is 1. The number of urea groups is 1. The van der Waals surface area contributed by atoms with Gasteiger partial charge in [-0.3, -0.25) is 10.2 Å². The van der Waals surface area contributed by atoms with E-state index in [-0.39, 0.29) is 0 Å². The number of rotatable bonds is 12. The van der Waals surface area contributed by atoms with E-state index in [9.17, 15) is 4.79 Å². The maximum Gasteiger partial charge on any atom is 0.324 e. The Morgan fingerprint density at radius 3 is 2.56 bits per heavy atom. The van der Waals surface area contributed by atoms with Crippen LogP contribution in [0.2, 0.25) is 0 Å². The Labute approximate surface area is 201 Å². The first kappa shape index (κ1) is 25.5. The molecule has 1 fully saturated rings.